The number of nitrogens with zero attached hydrogens (tertiary/aromatic N) is 1. The van der Waals surface area contributed by atoms with E-state index in [1.54, 1.807) is 6.20 Å². The number of hydrogen-bond acceptors (Lipinski definition) is 4. The van der Waals surface area contributed by atoms with Crippen molar-refractivity contribution < 1.29 is 8.42 Å². The zero-order valence-electron chi connectivity index (χ0n) is 11.5. The summed E-state index contributed by atoms with van der Waals surface area (Å²) < 4.78 is 25.0. The quantitative estimate of drug-likeness (QED) is 0.818. The molecule has 19 heavy (non-hydrogen) atoms. The lowest BCUT2D eigenvalue weighted by atomic mass is 10.2. The molecule has 6 heteroatoms. The highest BCUT2D eigenvalue weighted by atomic mass is 32.2. The predicted octanol–water partition coefficient (Wildman–Crippen LogP) is 1.28. The minimum absolute atomic E-state index is 0.112. The molecule has 0 saturated carbocycles. The van der Waals surface area contributed by atoms with Crippen molar-refractivity contribution in [1.29, 1.82) is 0 Å². The summed E-state index contributed by atoms with van der Waals surface area (Å²) in [5, 5.41) is 0. The average molecular weight is 286 g/mol. The van der Waals surface area contributed by atoms with E-state index in [1.807, 2.05) is 13.8 Å². The van der Waals surface area contributed by atoms with E-state index in [0.29, 0.717) is 31.0 Å². The molecule has 0 bridgehead atoms. The zero-order chi connectivity index (χ0) is 14.5. The minimum atomic E-state index is -3.02. The molecule has 0 aliphatic heterocycles. The molecule has 1 rings (SSSR count). The summed E-state index contributed by atoms with van der Waals surface area (Å²) in [5.41, 5.74) is 5.93. The van der Waals surface area contributed by atoms with Gasteiger partial charge in [0.1, 0.15) is 9.84 Å². The molecule has 1 aromatic rings. The topological polar surface area (TPSA) is 82.2 Å². The Balaban J connectivity index is 2.50. The van der Waals surface area contributed by atoms with Crippen molar-refractivity contribution in [1.82, 2.24) is 4.57 Å². The largest absolute Gasteiger partial charge is 0.398 e. The lowest BCUT2D eigenvalue weighted by Crippen LogP contribution is -2.21. The summed E-state index contributed by atoms with van der Waals surface area (Å²) in [5.74, 6) is 0.712. The van der Waals surface area contributed by atoms with Crippen molar-refractivity contribution in [3.63, 3.8) is 0 Å². The molecule has 0 unspecified atom stereocenters. The van der Waals surface area contributed by atoms with E-state index in [0.717, 1.165) is 0 Å². The number of sulfone groups is 1. The third-order valence-electron chi connectivity index (χ3n) is 2.87. The highest BCUT2D eigenvalue weighted by Crippen LogP contribution is 2.05. The second kappa shape index (κ2) is 6.75. The number of pyridine rings is 1. The smallest absolute Gasteiger partial charge is 0.250 e. The maximum atomic E-state index is 11.8. The van der Waals surface area contributed by atoms with Crippen molar-refractivity contribution in [3.05, 3.63) is 28.7 Å². The van der Waals surface area contributed by atoms with Gasteiger partial charge in [0, 0.05) is 24.5 Å². The number of nitrogen functional groups attached to an aromatic ring is 1. The third-order valence-corrected chi connectivity index (χ3v) is 4.64. The van der Waals surface area contributed by atoms with E-state index in [1.165, 1.54) is 16.7 Å². The molecular formula is C13H22N2O3S. The molecule has 5 nitrogen and oxygen atoms in total. The van der Waals surface area contributed by atoms with Gasteiger partial charge in [0.2, 0.25) is 0 Å². The minimum Gasteiger partial charge on any atom is -0.398 e. The van der Waals surface area contributed by atoms with Gasteiger partial charge in [-0.1, -0.05) is 13.8 Å². The van der Waals surface area contributed by atoms with Gasteiger partial charge in [-0.3, -0.25) is 4.79 Å². The van der Waals surface area contributed by atoms with Gasteiger partial charge >= 0.3 is 0 Å². The van der Waals surface area contributed by atoms with Crippen LogP contribution < -0.4 is 11.3 Å². The molecule has 0 aliphatic rings. The van der Waals surface area contributed by atoms with Crippen molar-refractivity contribution in [3.8, 4) is 0 Å². The van der Waals surface area contributed by atoms with E-state index >= 15 is 0 Å². The molecule has 0 amide bonds. The molecule has 0 atom stereocenters. The summed E-state index contributed by atoms with van der Waals surface area (Å²) in [6.45, 7) is 4.38. The van der Waals surface area contributed by atoms with E-state index in [4.69, 9.17) is 5.73 Å². The lowest BCUT2D eigenvalue weighted by molar-refractivity contribution is 0.566. The first-order valence-corrected chi connectivity index (χ1v) is 8.29. The summed E-state index contributed by atoms with van der Waals surface area (Å²) in [7, 11) is -3.02. The molecule has 1 aromatic heterocycles. The van der Waals surface area contributed by atoms with E-state index in [9.17, 15) is 13.2 Å². The first-order valence-electron chi connectivity index (χ1n) is 6.46. The van der Waals surface area contributed by atoms with Crippen LogP contribution in [0.1, 0.15) is 26.7 Å². The van der Waals surface area contributed by atoms with Crippen LogP contribution in [0, 0.1) is 5.92 Å². The molecule has 0 aliphatic carbocycles. The van der Waals surface area contributed by atoms with Gasteiger partial charge in [-0.05, 0) is 24.8 Å². The maximum absolute atomic E-state index is 11.8. The fourth-order valence-corrected chi connectivity index (χ4v) is 3.30. The first kappa shape index (κ1) is 15.8. The average Bonchev–Trinajstić information content (AvgIpc) is 2.31. The van der Waals surface area contributed by atoms with Crippen LogP contribution in [-0.4, -0.2) is 24.5 Å². The first-order chi connectivity index (χ1) is 8.80. The summed E-state index contributed by atoms with van der Waals surface area (Å²) in [6.07, 6.45) is 2.66. The van der Waals surface area contributed by atoms with Crippen molar-refractivity contribution in [2.45, 2.75) is 33.2 Å². The number of aryl methyl sites for hydroxylation is 1. The number of hydrogen-bond donors (Lipinski definition) is 1. The molecule has 2 N–H and O–H groups in total. The molecule has 108 valence electrons. The Morgan fingerprint density at radius 3 is 2.58 bits per heavy atom. The third kappa shape index (κ3) is 5.92. The van der Waals surface area contributed by atoms with Crippen LogP contribution in [-0.2, 0) is 16.4 Å². The van der Waals surface area contributed by atoms with Gasteiger partial charge in [-0.2, -0.15) is 0 Å². The maximum Gasteiger partial charge on any atom is 0.250 e. The van der Waals surface area contributed by atoms with E-state index < -0.39 is 9.84 Å². The van der Waals surface area contributed by atoms with Crippen LogP contribution in [0.3, 0.4) is 0 Å². The van der Waals surface area contributed by atoms with E-state index in [2.05, 4.69) is 0 Å². The fraction of sp³-hybridized carbons (Fsp3) is 0.615. The lowest BCUT2D eigenvalue weighted by Gasteiger charge is -2.08. The second-order valence-corrected chi connectivity index (χ2v) is 7.49. The monoisotopic (exact) mass is 286 g/mol. The van der Waals surface area contributed by atoms with Gasteiger partial charge in [0.25, 0.3) is 5.56 Å². The summed E-state index contributed by atoms with van der Waals surface area (Å²) in [6, 6.07) is 2.93. The van der Waals surface area contributed by atoms with Crippen molar-refractivity contribution in [2.24, 2.45) is 5.92 Å². The Kier molecular flexibility index (Phi) is 5.60. The Morgan fingerprint density at radius 2 is 1.95 bits per heavy atom. The fourth-order valence-electron chi connectivity index (χ4n) is 1.70. The molecule has 0 fully saturated rings. The van der Waals surface area contributed by atoms with Crippen LogP contribution in [0.25, 0.3) is 0 Å². The van der Waals surface area contributed by atoms with Gasteiger partial charge in [0.15, 0.2) is 0 Å². The Morgan fingerprint density at radius 1 is 1.26 bits per heavy atom. The second-order valence-electron chi connectivity index (χ2n) is 5.18. The highest BCUT2D eigenvalue weighted by molar-refractivity contribution is 7.91. The normalized spacial score (nSPS) is 11.9. The number of rotatable bonds is 7. The molecule has 1 heterocycles. The van der Waals surface area contributed by atoms with Crippen LogP contribution in [0.15, 0.2) is 23.1 Å². The number of anilines is 1. The Bertz CT molecular complexity index is 561. The zero-order valence-corrected chi connectivity index (χ0v) is 12.3. The molecular weight excluding hydrogens is 264 g/mol. The highest BCUT2D eigenvalue weighted by Gasteiger charge is 2.11. The van der Waals surface area contributed by atoms with Gasteiger partial charge < -0.3 is 10.3 Å². The molecule has 0 spiro atoms. The molecule has 0 radical (unpaired) electrons. The Hall–Kier alpha value is -1.30. The Labute approximate surface area is 114 Å². The molecule has 0 aromatic carbocycles. The van der Waals surface area contributed by atoms with Crippen molar-refractivity contribution >= 4 is 15.5 Å². The number of nitrogens with two attached hydrogens (primary N) is 1. The SMILES string of the molecule is CC(C)CCS(=O)(=O)CCCn1cc(N)ccc1=O. The molecule has 0 saturated heterocycles. The predicted molar refractivity (Wildman–Crippen MR) is 77.8 cm³/mol. The van der Waals surface area contributed by atoms with Gasteiger partial charge in [-0.15, -0.1) is 0 Å². The number of aromatic nitrogens is 1. The van der Waals surface area contributed by atoms with Crippen molar-refractivity contribution in [2.75, 3.05) is 17.2 Å². The van der Waals surface area contributed by atoms with Crippen LogP contribution >= 0.6 is 0 Å². The van der Waals surface area contributed by atoms with Gasteiger partial charge in [0.05, 0.1) is 11.5 Å². The van der Waals surface area contributed by atoms with Gasteiger partial charge in [-0.25, -0.2) is 8.42 Å². The summed E-state index contributed by atoms with van der Waals surface area (Å²) in [4.78, 5) is 11.5. The van der Waals surface area contributed by atoms with Crippen LogP contribution in [0.4, 0.5) is 5.69 Å². The standard InChI is InChI=1S/C13H22N2O3S/c1-11(2)6-9-19(17,18)8-3-7-15-10-12(14)4-5-13(15)16/h4-5,10-11H,3,6-9,14H2,1-2H3. The van der Waals surface area contributed by atoms with E-state index in [-0.39, 0.29) is 17.1 Å². The summed E-state index contributed by atoms with van der Waals surface area (Å²) >= 11 is 0. The van der Waals surface area contributed by atoms with Crippen LogP contribution in [0.2, 0.25) is 0 Å². The van der Waals surface area contributed by atoms with Crippen LogP contribution in [0.5, 0.6) is 0 Å².